The first-order valence-corrected chi connectivity index (χ1v) is 9.60. The molecule has 1 unspecified atom stereocenters. The van der Waals surface area contributed by atoms with Crippen LogP contribution in [0.25, 0.3) is 0 Å². The Labute approximate surface area is 157 Å². The standard InChI is InChI=1S/C17H26N2O6S/c1-10-14(16(23)24)11(8-12(20)18-6-7-26-5)15(22)19(10)9-13(21)25-17(2,3)4/h11H,6-9H2,1-5H3,(H,18,20)(H,23,24). The Kier molecular flexibility index (Phi) is 7.68. The fourth-order valence-corrected chi connectivity index (χ4v) is 2.92. The van der Waals surface area contributed by atoms with Crippen molar-refractivity contribution in [2.45, 2.75) is 39.7 Å². The molecule has 0 aromatic heterocycles. The maximum atomic E-state index is 12.6. The van der Waals surface area contributed by atoms with Crippen molar-refractivity contribution in [3.05, 3.63) is 11.3 Å². The van der Waals surface area contributed by atoms with Crippen LogP contribution < -0.4 is 5.32 Å². The highest BCUT2D eigenvalue weighted by atomic mass is 32.2. The topological polar surface area (TPSA) is 113 Å². The zero-order valence-corrected chi connectivity index (χ0v) is 16.6. The highest BCUT2D eigenvalue weighted by Gasteiger charge is 2.43. The lowest BCUT2D eigenvalue weighted by molar-refractivity contribution is -0.158. The largest absolute Gasteiger partial charge is 0.478 e. The summed E-state index contributed by atoms with van der Waals surface area (Å²) in [4.78, 5) is 49.3. The van der Waals surface area contributed by atoms with E-state index < -0.39 is 35.3 Å². The van der Waals surface area contributed by atoms with Gasteiger partial charge in [-0.05, 0) is 34.0 Å². The molecule has 1 rings (SSSR count). The number of thioether (sulfide) groups is 1. The van der Waals surface area contributed by atoms with E-state index in [9.17, 15) is 24.3 Å². The van der Waals surface area contributed by atoms with Crippen molar-refractivity contribution in [3.63, 3.8) is 0 Å². The van der Waals surface area contributed by atoms with Crippen LogP contribution in [0.3, 0.4) is 0 Å². The Balaban J connectivity index is 2.90. The lowest BCUT2D eigenvalue weighted by atomic mass is 9.96. The third kappa shape index (κ3) is 6.05. The van der Waals surface area contributed by atoms with Crippen LogP contribution in [0.4, 0.5) is 0 Å². The molecule has 0 saturated heterocycles. The summed E-state index contributed by atoms with van der Waals surface area (Å²) in [5.74, 6) is -3.28. The number of carboxylic acids is 1. The van der Waals surface area contributed by atoms with Gasteiger partial charge in [-0.2, -0.15) is 11.8 Å². The predicted octanol–water partition coefficient (Wildman–Crippen LogP) is 1.01. The van der Waals surface area contributed by atoms with Crippen LogP contribution >= 0.6 is 11.8 Å². The molecule has 0 spiro atoms. The molecule has 146 valence electrons. The van der Waals surface area contributed by atoms with Crippen molar-refractivity contribution >= 4 is 35.5 Å². The molecule has 1 aliphatic rings. The van der Waals surface area contributed by atoms with E-state index in [2.05, 4.69) is 5.32 Å². The van der Waals surface area contributed by atoms with E-state index in [1.54, 1.807) is 32.5 Å². The van der Waals surface area contributed by atoms with Gasteiger partial charge in [0.05, 0.1) is 11.5 Å². The number of nitrogens with one attached hydrogen (secondary N) is 1. The predicted molar refractivity (Wildman–Crippen MR) is 97.4 cm³/mol. The van der Waals surface area contributed by atoms with Crippen LogP contribution in [0.1, 0.15) is 34.1 Å². The summed E-state index contributed by atoms with van der Waals surface area (Å²) >= 11 is 1.56. The van der Waals surface area contributed by atoms with Gasteiger partial charge in [0.15, 0.2) is 0 Å². The zero-order chi connectivity index (χ0) is 20.1. The number of rotatable bonds is 8. The number of carbonyl (C=O) groups excluding carboxylic acids is 3. The van der Waals surface area contributed by atoms with E-state index in [0.717, 1.165) is 10.7 Å². The van der Waals surface area contributed by atoms with Crippen LogP contribution in [0, 0.1) is 5.92 Å². The second kappa shape index (κ2) is 9.07. The number of allylic oxidation sites excluding steroid dienone is 1. The summed E-state index contributed by atoms with van der Waals surface area (Å²) in [7, 11) is 0. The third-order valence-corrected chi connectivity index (χ3v) is 4.28. The Morgan fingerprint density at radius 3 is 2.42 bits per heavy atom. The molecule has 0 aliphatic carbocycles. The van der Waals surface area contributed by atoms with Crippen LogP contribution in [-0.4, -0.2) is 64.5 Å². The number of hydrogen-bond acceptors (Lipinski definition) is 6. The highest BCUT2D eigenvalue weighted by Crippen LogP contribution is 2.32. The number of hydrogen-bond donors (Lipinski definition) is 2. The van der Waals surface area contributed by atoms with Crippen molar-refractivity contribution in [2.75, 3.05) is 25.1 Å². The molecule has 2 N–H and O–H groups in total. The minimum Gasteiger partial charge on any atom is -0.478 e. The third-order valence-electron chi connectivity index (χ3n) is 3.66. The van der Waals surface area contributed by atoms with E-state index in [1.165, 1.54) is 6.92 Å². The van der Waals surface area contributed by atoms with E-state index in [0.29, 0.717) is 6.54 Å². The molecule has 26 heavy (non-hydrogen) atoms. The van der Waals surface area contributed by atoms with Gasteiger partial charge in [0.2, 0.25) is 11.8 Å². The number of carbonyl (C=O) groups is 4. The first-order valence-electron chi connectivity index (χ1n) is 8.20. The molecule has 0 saturated carbocycles. The Bertz CT molecular complexity index is 623. The maximum Gasteiger partial charge on any atom is 0.334 e. The van der Waals surface area contributed by atoms with E-state index in [1.807, 2.05) is 6.26 Å². The Morgan fingerprint density at radius 1 is 1.31 bits per heavy atom. The molecule has 1 heterocycles. The highest BCUT2D eigenvalue weighted by molar-refractivity contribution is 7.98. The lowest BCUT2D eigenvalue weighted by Crippen LogP contribution is -2.38. The number of ether oxygens (including phenoxy) is 1. The van der Waals surface area contributed by atoms with Crippen LogP contribution in [0.5, 0.6) is 0 Å². The fraction of sp³-hybridized carbons (Fsp3) is 0.647. The minimum atomic E-state index is -1.27. The van der Waals surface area contributed by atoms with E-state index in [4.69, 9.17) is 4.74 Å². The van der Waals surface area contributed by atoms with Crippen molar-refractivity contribution in [1.29, 1.82) is 0 Å². The smallest absolute Gasteiger partial charge is 0.334 e. The number of esters is 1. The summed E-state index contributed by atoms with van der Waals surface area (Å²) in [6, 6.07) is 0. The Morgan fingerprint density at radius 2 is 1.92 bits per heavy atom. The second-order valence-electron chi connectivity index (χ2n) is 6.91. The zero-order valence-electron chi connectivity index (χ0n) is 15.7. The van der Waals surface area contributed by atoms with Gasteiger partial charge in [-0.25, -0.2) is 4.79 Å². The van der Waals surface area contributed by atoms with Gasteiger partial charge in [-0.3, -0.25) is 14.4 Å². The normalized spacial score (nSPS) is 17.5. The molecule has 0 aromatic rings. The molecule has 0 bridgehead atoms. The van der Waals surface area contributed by atoms with Gasteiger partial charge in [0.1, 0.15) is 12.1 Å². The number of amides is 2. The summed E-state index contributed by atoms with van der Waals surface area (Å²) in [6.45, 7) is 6.60. The molecular formula is C17H26N2O6S. The Hall–Kier alpha value is -2.03. The van der Waals surface area contributed by atoms with Crippen LogP contribution in [0.2, 0.25) is 0 Å². The summed E-state index contributed by atoms with van der Waals surface area (Å²) in [6.07, 6.45) is 1.63. The molecule has 0 aromatic carbocycles. The average molecular weight is 386 g/mol. The number of carboxylic acid groups (broad SMARTS) is 1. The van der Waals surface area contributed by atoms with Crippen molar-refractivity contribution in [2.24, 2.45) is 5.92 Å². The molecule has 8 nitrogen and oxygen atoms in total. The summed E-state index contributed by atoms with van der Waals surface area (Å²) < 4.78 is 5.19. The SMILES string of the molecule is CSCCNC(=O)CC1C(=O)N(CC(=O)OC(C)(C)C)C(C)=C1C(=O)O. The van der Waals surface area contributed by atoms with Gasteiger partial charge in [0.25, 0.3) is 0 Å². The average Bonchev–Trinajstić information content (AvgIpc) is 2.70. The van der Waals surface area contributed by atoms with Crippen LogP contribution in [0.15, 0.2) is 11.3 Å². The minimum absolute atomic E-state index is 0.154. The monoisotopic (exact) mass is 386 g/mol. The summed E-state index contributed by atoms with van der Waals surface area (Å²) in [5.41, 5.74) is -0.710. The van der Waals surface area contributed by atoms with E-state index in [-0.39, 0.29) is 24.2 Å². The maximum absolute atomic E-state index is 12.6. The lowest BCUT2D eigenvalue weighted by Gasteiger charge is -2.23. The van der Waals surface area contributed by atoms with Crippen molar-refractivity contribution in [1.82, 2.24) is 10.2 Å². The molecule has 1 atom stereocenters. The van der Waals surface area contributed by atoms with Crippen molar-refractivity contribution < 1.29 is 29.0 Å². The van der Waals surface area contributed by atoms with Gasteiger partial charge < -0.3 is 20.1 Å². The summed E-state index contributed by atoms with van der Waals surface area (Å²) in [5, 5.41) is 12.1. The van der Waals surface area contributed by atoms with Gasteiger partial charge >= 0.3 is 11.9 Å². The molecule has 0 radical (unpaired) electrons. The molecule has 0 fully saturated rings. The first kappa shape index (κ1) is 22.0. The quantitative estimate of drug-likeness (QED) is 0.473. The van der Waals surface area contributed by atoms with Gasteiger partial charge in [0, 0.05) is 24.4 Å². The van der Waals surface area contributed by atoms with Crippen LogP contribution in [-0.2, 0) is 23.9 Å². The molecule has 9 heteroatoms. The number of nitrogens with zero attached hydrogens (tertiary/aromatic N) is 1. The van der Waals surface area contributed by atoms with Gasteiger partial charge in [-0.1, -0.05) is 0 Å². The van der Waals surface area contributed by atoms with Crippen molar-refractivity contribution in [3.8, 4) is 0 Å². The molecular weight excluding hydrogens is 360 g/mol. The first-order chi connectivity index (χ1) is 12.0. The number of aliphatic carboxylic acids is 1. The second-order valence-corrected chi connectivity index (χ2v) is 7.90. The van der Waals surface area contributed by atoms with Gasteiger partial charge in [-0.15, -0.1) is 0 Å². The fourth-order valence-electron chi connectivity index (χ4n) is 2.62. The molecule has 1 aliphatic heterocycles. The molecule has 2 amide bonds. The van der Waals surface area contributed by atoms with E-state index >= 15 is 0 Å².